The predicted molar refractivity (Wildman–Crippen MR) is 74.4 cm³/mol. The zero-order chi connectivity index (χ0) is 12.9. The molecule has 0 aliphatic heterocycles. The maximum Gasteiger partial charge on any atom is 0.121 e. The van der Waals surface area contributed by atoms with Crippen molar-refractivity contribution < 1.29 is 0 Å². The van der Waals surface area contributed by atoms with Gasteiger partial charge in [0.05, 0.1) is 5.69 Å². The third kappa shape index (κ3) is 1.49. The van der Waals surface area contributed by atoms with Crippen LogP contribution in [0.5, 0.6) is 0 Å². The second-order valence-corrected chi connectivity index (χ2v) is 4.71. The van der Waals surface area contributed by atoms with Gasteiger partial charge < -0.3 is 10.7 Å². The summed E-state index contributed by atoms with van der Waals surface area (Å²) in [7, 11) is 1.85. The summed E-state index contributed by atoms with van der Waals surface area (Å²) in [4.78, 5) is 3.37. The minimum absolute atomic E-state index is 0.673. The SMILES string of the molecule is Cc1[nH]c2ccc(-c3cc(N)n(C)n3)cc2c1C. The second kappa shape index (κ2) is 3.63. The third-order valence-electron chi connectivity index (χ3n) is 3.52. The van der Waals surface area contributed by atoms with Crippen molar-refractivity contribution in [1.29, 1.82) is 0 Å². The summed E-state index contributed by atoms with van der Waals surface area (Å²) >= 11 is 0. The fourth-order valence-electron chi connectivity index (χ4n) is 2.24. The highest BCUT2D eigenvalue weighted by atomic mass is 15.3. The van der Waals surface area contributed by atoms with Crippen LogP contribution in [0.3, 0.4) is 0 Å². The molecule has 18 heavy (non-hydrogen) atoms. The lowest BCUT2D eigenvalue weighted by atomic mass is 10.1. The Bertz CT molecular complexity index is 714. The van der Waals surface area contributed by atoms with Gasteiger partial charge in [-0.25, -0.2) is 0 Å². The van der Waals surface area contributed by atoms with Crippen molar-refractivity contribution in [2.75, 3.05) is 5.73 Å². The highest BCUT2D eigenvalue weighted by Crippen LogP contribution is 2.27. The van der Waals surface area contributed by atoms with Crippen molar-refractivity contribution in [3.05, 3.63) is 35.5 Å². The van der Waals surface area contributed by atoms with Crippen LogP contribution < -0.4 is 5.73 Å². The fraction of sp³-hybridized carbons (Fsp3) is 0.214. The van der Waals surface area contributed by atoms with Crippen LogP contribution in [-0.2, 0) is 7.05 Å². The molecule has 1 aromatic carbocycles. The van der Waals surface area contributed by atoms with Gasteiger partial charge >= 0.3 is 0 Å². The van der Waals surface area contributed by atoms with Crippen molar-refractivity contribution in [2.45, 2.75) is 13.8 Å². The van der Waals surface area contributed by atoms with Crippen LogP contribution in [0.15, 0.2) is 24.3 Å². The fourth-order valence-corrected chi connectivity index (χ4v) is 2.24. The highest BCUT2D eigenvalue weighted by Gasteiger charge is 2.08. The molecule has 0 aliphatic rings. The molecule has 3 N–H and O–H groups in total. The van der Waals surface area contributed by atoms with Crippen LogP contribution >= 0.6 is 0 Å². The molecule has 0 aliphatic carbocycles. The van der Waals surface area contributed by atoms with E-state index in [0.717, 1.165) is 16.8 Å². The zero-order valence-electron chi connectivity index (χ0n) is 10.8. The van der Waals surface area contributed by atoms with Gasteiger partial charge in [0.1, 0.15) is 5.82 Å². The summed E-state index contributed by atoms with van der Waals surface area (Å²) in [6, 6.07) is 8.22. The van der Waals surface area contributed by atoms with Gasteiger partial charge in [0.15, 0.2) is 0 Å². The van der Waals surface area contributed by atoms with Crippen LogP contribution in [0, 0.1) is 13.8 Å². The first kappa shape index (κ1) is 10.9. The van der Waals surface area contributed by atoms with Crippen molar-refractivity contribution in [2.24, 2.45) is 7.05 Å². The molecular weight excluding hydrogens is 224 g/mol. The Labute approximate surface area is 105 Å². The number of nitrogen functional groups attached to an aromatic ring is 1. The number of nitrogens with one attached hydrogen (secondary N) is 1. The molecule has 3 rings (SSSR count). The highest BCUT2D eigenvalue weighted by molar-refractivity contribution is 5.88. The molecule has 0 unspecified atom stereocenters. The number of nitrogens with two attached hydrogens (primary N) is 1. The molecule has 0 saturated carbocycles. The first-order chi connectivity index (χ1) is 8.56. The van der Waals surface area contributed by atoms with Gasteiger partial charge in [-0.1, -0.05) is 6.07 Å². The number of aryl methyl sites for hydroxylation is 3. The zero-order valence-corrected chi connectivity index (χ0v) is 10.8. The van der Waals surface area contributed by atoms with E-state index in [2.05, 4.69) is 42.1 Å². The first-order valence-corrected chi connectivity index (χ1v) is 5.95. The van der Waals surface area contributed by atoms with E-state index in [-0.39, 0.29) is 0 Å². The first-order valence-electron chi connectivity index (χ1n) is 5.95. The Morgan fingerprint density at radius 2 is 2.00 bits per heavy atom. The number of benzene rings is 1. The maximum atomic E-state index is 5.82. The van der Waals surface area contributed by atoms with E-state index in [9.17, 15) is 0 Å². The number of hydrogen-bond donors (Lipinski definition) is 2. The van der Waals surface area contributed by atoms with E-state index in [1.54, 1.807) is 4.68 Å². The lowest BCUT2D eigenvalue weighted by Gasteiger charge is -1.98. The molecule has 0 atom stereocenters. The van der Waals surface area contributed by atoms with Crippen LogP contribution in [0.25, 0.3) is 22.2 Å². The minimum atomic E-state index is 0.673. The van der Waals surface area contributed by atoms with Crippen molar-refractivity contribution >= 4 is 16.7 Å². The molecule has 4 heteroatoms. The van der Waals surface area contributed by atoms with Gasteiger partial charge in [0.2, 0.25) is 0 Å². The molecule has 92 valence electrons. The van der Waals surface area contributed by atoms with E-state index in [1.165, 1.54) is 16.6 Å². The smallest absolute Gasteiger partial charge is 0.121 e. The van der Waals surface area contributed by atoms with E-state index in [1.807, 2.05) is 13.1 Å². The van der Waals surface area contributed by atoms with Gasteiger partial charge in [-0.3, -0.25) is 4.68 Å². The molecule has 0 amide bonds. The van der Waals surface area contributed by atoms with Gasteiger partial charge in [0, 0.05) is 35.3 Å². The van der Waals surface area contributed by atoms with Crippen molar-refractivity contribution in [1.82, 2.24) is 14.8 Å². The van der Waals surface area contributed by atoms with Crippen molar-refractivity contribution in [3.63, 3.8) is 0 Å². The largest absolute Gasteiger partial charge is 0.384 e. The van der Waals surface area contributed by atoms with Crippen LogP contribution in [-0.4, -0.2) is 14.8 Å². The van der Waals surface area contributed by atoms with E-state index in [0.29, 0.717) is 5.82 Å². The molecule has 0 radical (unpaired) electrons. The quantitative estimate of drug-likeness (QED) is 0.687. The number of H-pyrrole nitrogens is 1. The Hall–Kier alpha value is -2.23. The Balaban J connectivity index is 2.21. The number of anilines is 1. The van der Waals surface area contributed by atoms with Gasteiger partial charge in [-0.15, -0.1) is 0 Å². The summed E-state index contributed by atoms with van der Waals surface area (Å²) in [6.07, 6.45) is 0. The molecule has 0 bridgehead atoms. The average Bonchev–Trinajstić information content (AvgIpc) is 2.82. The Morgan fingerprint density at radius 1 is 1.22 bits per heavy atom. The van der Waals surface area contributed by atoms with Gasteiger partial charge in [-0.05, 0) is 31.5 Å². The number of fused-ring (bicyclic) bond motifs is 1. The van der Waals surface area contributed by atoms with Crippen LogP contribution in [0.4, 0.5) is 5.82 Å². The Kier molecular flexibility index (Phi) is 2.20. The topological polar surface area (TPSA) is 59.6 Å². The summed E-state index contributed by atoms with van der Waals surface area (Å²) < 4.78 is 1.69. The summed E-state index contributed by atoms with van der Waals surface area (Å²) in [5.41, 5.74) is 11.5. The summed E-state index contributed by atoms with van der Waals surface area (Å²) in [5.74, 6) is 0.673. The second-order valence-electron chi connectivity index (χ2n) is 4.71. The lowest BCUT2D eigenvalue weighted by Crippen LogP contribution is -1.96. The molecule has 3 aromatic rings. The number of nitrogens with zero attached hydrogens (tertiary/aromatic N) is 2. The lowest BCUT2D eigenvalue weighted by molar-refractivity contribution is 0.782. The normalized spacial score (nSPS) is 11.3. The maximum absolute atomic E-state index is 5.82. The summed E-state index contributed by atoms with van der Waals surface area (Å²) in [5, 5.41) is 5.65. The minimum Gasteiger partial charge on any atom is -0.384 e. The molecule has 2 heterocycles. The number of aromatic amines is 1. The number of hydrogen-bond acceptors (Lipinski definition) is 2. The van der Waals surface area contributed by atoms with E-state index < -0.39 is 0 Å². The Morgan fingerprint density at radius 3 is 2.67 bits per heavy atom. The third-order valence-corrected chi connectivity index (χ3v) is 3.52. The van der Waals surface area contributed by atoms with Crippen LogP contribution in [0.1, 0.15) is 11.3 Å². The molecule has 0 fully saturated rings. The van der Waals surface area contributed by atoms with Crippen molar-refractivity contribution in [3.8, 4) is 11.3 Å². The molecule has 4 nitrogen and oxygen atoms in total. The molecule has 2 aromatic heterocycles. The summed E-state index contributed by atoms with van der Waals surface area (Å²) in [6.45, 7) is 4.22. The standard InChI is InChI=1S/C14H16N4/c1-8-9(2)16-12-5-4-10(6-11(8)12)13-7-14(15)18(3)17-13/h4-7,16H,15H2,1-3H3. The van der Waals surface area contributed by atoms with E-state index in [4.69, 9.17) is 5.73 Å². The van der Waals surface area contributed by atoms with Gasteiger partial charge in [0.25, 0.3) is 0 Å². The molecule has 0 saturated heterocycles. The monoisotopic (exact) mass is 240 g/mol. The van der Waals surface area contributed by atoms with Crippen LogP contribution in [0.2, 0.25) is 0 Å². The number of rotatable bonds is 1. The average molecular weight is 240 g/mol. The number of aromatic nitrogens is 3. The molecular formula is C14H16N4. The predicted octanol–water partition coefficient (Wildman–Crippen LogP) is 2.77. The molecule has 0 spiro atoms. The van der Waals surface area contributed by atoms with E-state index >= 15 is 0 Å². The van der Waals surface area contributed by atoms with Gasteiger partial charge in [-0.2, -0.15) is 5.10 Å².